The van der Waals surface area contributed by atoms with Crippen LogP contribution in [0.2, 0.25) is 0 Å². The number of para-hydroxylation sites is 1. The molecule has 0 N–H and O–H groups in total. The van der Waals surface area contributed by atoms with Gasteiger partial charge in [0.2, 0.25) is 0 Å². The molecule has 16 heavy (non-hydrogen) atoms. The van der Waals surface area contributed by atoms with Gasteiger partial charge in [-0.1, -0.05) is 18.2 Å². The van der Waals surface area contributed by atoms with Crippen LogP contribution in [0.25, 0.3) is 0 Å². The monoisotopic (exact) mass is 259 g/mol. The van der Waals surface area contributed by atoms with E-state index in [-0.39, 0.29) is 12.3 Å². The minimum atomic E-state index is -1.63. The lowest BCUT2D eigenvalue weighted by molar-refractivity contribution is 0.237. The van der Waals surface area contributed by atoms with Gasteiger partial charge < -0.3 is 0 Å². The standard InChI is InChI=1S/C12H12Cl2FN/c1-8-12(15,6-7-13)11(14)9-4-2-3-5-10(9)16-8/h2-5,11H,6-7H2,1H3. The molecule has 0 amide bonds. The Kier molecular flexibility index (Phi) is 3.22. The van der Waals surface area contributed by atoms with E-state index in [4.69, 9.17) is 23.2 Å². The van der Waals surface area contributed by atoms with E-state index in [0.29, 0.717) is 5.71 Å². The van der Waals surface area contributed by atoms with E-state index in [0.717, 1.165) is 11.3 Å². The summed E-state index contributed by atoms with van der Waals surface area (Å²) in [4.78, 5) is 4.27. The highest BCUT2D eigenvalue weighted by molar-refractivity contribution is 6.25. The zero-order valence-corrected chi connectivity index (χ0v) is 10.4. The first-order valence-electron chi connectivity index (χ1n) is 5.13. The molecule has 86 valence electrons. The Bertz CT molecular complexity index is 433. The van der Waals surface area contributed by atoms with Gasteiger partial charge in [0.15, 0.2) is 5.67 Å². The first-order valence-corrected chi connectivity index (χ1v) is 6.10. The van der Waals surface area contributed by atoms with Crippen LogP contribution in [0.3, 0.4) is 0 Å². The van der Waals surface area contributed by atoms with Crippen LogP contribution in [-0.2, 0) is 0 Å². The number of nitrogens with zero attached hydrogens (tertiary/aromatic N) is 1. The van der Waals surface area contributed by atoms with Crippen molar-refractivity contribution in [1.29, 1.82) is 0 Å². The second kappa shape index (κ2) is 4.34. The average Bonchev–Trinajstić information content (AvgIpc) is 2.27. The van der Waals surface area contributed by atoms with Crippen LogP contribution in [0.15, 0.2) is 29.3 Å². The molecule has 0 aromatic heterocycles. The van der Waals surface area contributed by atoms with Crippen LogP contribution in [0.5, 0.6) is 0 Å². The average molecular weight is 260 g/mol. The molecule has 1 heterocycles. The first-order chi connectivity index (χ1) is 7.59. The van der Waals surface area contributed by atoms with Crippen LogP contribution in [-0.4, -0.2) is 17.3 Å². The maximum absolute atomic E-state index is 14.7. The fourth-order valence-electron chi connectivity index (χ4n) is 1.95. The number of benzene rings is 1. The molecule has 4 heteroatoms. The summed E-state index contributed by atoms with van der Waals surface area (Å²) in [5.41, 5.74) is 0.273. The van der Waals surface area contributed by atoms with Crippen LogP contribution >= 0.6 is 23.2 Å². The Labute approximate surface area is 104 Å². The number of hydrogen-bond acceptors (Lipinski definition) is 1. The van der Waals surface area contributed by atoms with Gasteiger partial charge in [-0.25, -0.2) is 4.39 Å². The Morgan fingerprint density at radius 1 is 1.44 bits per heavy atom. The van der Waals surface area contributed by atoms with Gasteiger partial charge >= 0.3 is 0 Å². The highest BCUT2D eigenvalue weighted by Crippen LogP contribution is 2.46. The topological polar surface area (TPSA) is 12.4 Å². The summed E-state index contributed by atoms with van der Waals surface area (Å²) in [5, 5.41) is -0.708. The van der Waals surface area contributed by atoms with E-state index in [1.165, 1.54) is 0 Å². The summed E-state index contributed by atoms with van der Waals surface area (Å²) in [7, 11) is 0. The molecular weight excluding hydrogens is 248 g/mol. The normalized spacial score (nSPS) is 28.5. The van der Waals surface area contributed by atoms with Crippen molar-refractivity contribution in [2.45, 2.75) is 24.4 Å². The van der Waals surface area contributed by atoms with Crippen LogP contribution in [0, 0.1) is 0 Å². The molecule has 1 aliphatic heterocycles. The Hall–Kier alpha value is -0.600. The SMILES string of the molecule is CC1=Nc2ccccc2C(Cl)C1(F)CCCl. The zero-order chi connectivity index (χ0) is 11.8. The molecule has 1 aromatic rings. The minimum Gasteiger partial charge on any atom is -0.254 e. The lowest BCUT2D eigenvalue weighted by Gasteiger charge is -2.33. The zero-order valence-electron chi connectivity index (χ0n) is 8.88. The number of fused-ring (bicyclic) bond motifs is 1. The molecule has 1 aromatic carbocycles. The van der Waals surface area contributed by atoms with E-state index in [2.05, 4.69) is 4.99 Å². The van der Waals surface area contributed by atoms with Crippen LogP contribution in [0.4, 0.5) is 10.1 Å². The van der Waals surface area contributed by atoms with E-state index in [1.807, 2.05) is 24.3 Å². The largest absolute Gasteiger partial charge is 0.254 e. The summed E-state index contributed by atoms with van der Waals surface area (Å²) in [6.45, 7) is 1.66. The molecule has 0 radical (unpaired) electrons. The van der Waals surface area contributed by atoms with Crippen molar-refractivity contribution in [2.24, 2.45) is 4.99 Å². The number of hydrogen-bond donors (Lipinski definition) is 0. The molecule has 0 bridgehead atoms. The molecular formula is C12H12Cl2FN. The molecule has 0 saturated carbocycles. The molecule has 2 unspecified atom stereocenters. The molecule has 0 spiro atoms. The van der Waals surface area contributed by atoms with E-state index < -0.39 is 11.0 Å². The van der Waals surface area contributed by atoms with Gasteiger partial charge in [-0.15, -0.1) is 23.2 Å². The molecule has 0 fully saturated rings. The summed E-state index contributed by atoms with van der Waals surface area (Å²) < 4.78 is 14.7. The maximum Gasteiger partial charge on any atom is 0.170 e. The van der Waals surface area contributed by atoms with Crippen molar-refractivity contribution in [3.05, 3.63) is 29.8 Å². The van der Waals surface area contributed by atoms with Crippen molar-refractivity contribution in [3.63, 3.8) is 0 Å². The van der Waals surface area contributed by atoms with Crippen molar-refractivity contribution in [3.8, 4) is 0 Å². The number of alkyl halides is 3. The van der Waals surface area contributed by atoms with E-state index in [1.54, 1.807) is 6.92 Å². The predicted octanol–water partition coefficient (Wildman–Crippen LogP) is 4.41. The smallest absolute Gasteiger partial charge is 0.170 e. The fraction of sp³-hybridized carbons (Fsp3) is 0.417. The molecule has 0 saturated heterocycles. The Balaban J connectivity index is 2.51. The molecule has 1 aliphatic rings. The quantitative estimate of drug-likeness (QED) is 0.698. The molecule has 0 aliphatic carbocycles. The lowest BCUT2D eigenvalue weighted by Crippen LogP contribution is -2.39. The third-order valence-electron chi connectivity index (χ3n) is 2.96. The number of aliphatic imine (C=N–C) groups is 1. The molecule has 1 nitrogen and oxygen atoms in total. The predicted molar refractivity (Wildman–Crippen MR) is 67.0 cm³/mol. The fourth-order valence-corrected chi connectivity index (χ4v) is 2.68. The maximum atomic E-state index is 14.7. The second-order valence-electron chi connectivity index (χ2n) is 3.92. The Morgan fingerprint density at radius 2 is 2.12 bits per heavy atom. The highest BCUT2D eigenvalue weighted by Gasteiger charge is 2.44. The molecule has 2 atom stereocenters. The van der Waals surface area contributed by atoms with Gasteiger partial charge in [0.25, 0.3) is 0 Å². The van der Waals surface area contributed by atoms with Gasteiger partial charge in [-0.2, -0.15) is 0 Å². The van der Waals surface area contributed by atoms with Crippen molar-refractivity contribution >= 4 is 34.6 Å². The summed E-state index contributed by atoms with van der Waals surface area (Å²) >= 11 is 11.8. The first kappa shape index (κ1) is 11.9. The summed E-state index contributed by atoms with van der Waals surface area (Å²) in [6.07, 6.45) is 0.187. The van der Waals surface area contributed by atoms with E-state index >= 15 is 0 Å². The Morgan fingerprint density at radius 3 is 2.81 bits per heavy atom. The third-order valence-corrected chi connectivity index (χ3v) is 3.73. The number of halogens is 3. The number of rotatable bonds is 2. The molecule has 2 rings (SSSR count). The third kappa shape index (κ3) is 1.74. The second-order valence-corrected chi connectivity index (χ2v) is 4.73. The van der Waals surface area contributed by atoms with Gasteiger partial charge in [0.05, 0.1) is 11.4 Å². The van der Waals surface area contributed by atoms with Crippen molar-refractivity contribution < 1.29 is 4.39 Å². The highest BCUT2D eigenvalue weighted by atomic mass is 35.5. The summed E-state index contributed by atoms with van der Waals surface area (Å²) in [5.74, 6) is 0.231. The van der Waals surface area contributed by atoms with Gasteiger partial charge in [-0.05, 0) is 18.6 Å². The van der Waals surface area contributed by atoms with Gasteiger partial charge in [-0.3, -0.25) is 4.99 Å². The minimum absolute atomic E-state index is 0.187. The summed E-state index contributed by atoms with van der Waals surface area (Å²) in [6, 6.07) is 7.36. The van der Waals surface area contributed by atoms with Crippen LogP contribution < -0.4 is 0 Å². The van der Waals surface area contributed by atoms with Crippen LogP contribution in [0.1, 0.15) is 24.3 Å². The van der Waals surface area contributed by atoms with Gasteiger partial charge in [0, 0.05) is 12.3 Å². The van der Waals surface area contributed by atoms with E-state index in [9.17, 15) is 4.39 Å². The van der Waals surface area contributed by atoms with Gasteiger partial charge in [0.1, 0.15) is 5.38 Å². The van der Waals surface area contributed by atoms with Crippen molar-refractivity contribution in [2.75, 3.05) is 5.88 Å². The lowest BCUT2D eigenvalue weighted by atomic mass is 9.86. The van der Waals surface area contributed by atoms with Crippen molar-refractivity contribution in [1.82, 2.24) is 0 Å².